The summed E-state index contributed by atoms with van der Waals surface area (Å²) in [5.74, 6) is -2.73. The summed E-state index contributed by atoms with van der Waals surface area (Å²) >= 11 is 5.92. The molecule has 3 rings (SSSR count). The van der Waals surface area contributed by atoms with Gasteiger partial charge in [0.15, 0.2) is 0 Å². The summed E-state index contributed by atoms with van der Waals surface area (Å²) in [6.07, 6.45) is 0. The van der Waals surface area contributed by atoms with E-state index in [0.29, 0.717) is 10.7 Å². The van der Waals surface area contributed by atoms with E-state index in [0.717, 1.165) is 22.5 Å². The number of sulfonamides is 1. The van der Waals surface area contributed by atoms with Crippen LogP contribution >= 0.6 is 11.6 Å². The quantitative estimate of drug-likeness (QED) is 0.630. The molecule has 0 saturated carbocycles. The molecule has 0 unspecified atom stereocenters. The van der Waals surface area contributed by atoms with Crippen molar-refractivity contribution in [2.24, 2.45) is 0 Å². The van der Waals surface area contributed by atoms with Crippen molar-refractivity contribution in [3.63, 3.8) is 0 Å². The first-order chi connectivity index (χ1) is 13.7. The van der Waals surface area contributed by atoms with Crippen molar-refractivity contribution in [1.29, 1.82) is 0 Å². The van der Waals surface area contributed by atoms with Crippen LogP contribution in [0, 0.1) is 11.6 Å². The number of halogens is 3. The molecule has 150 valence electrons. The smallest absolute Gasteiger partial charge is 0.264 e. The van der Waals surface area contributed by atoms with Crippen molar-refractivity contribution in [2.75, 3.05) is 16.7 Å². The van der Waals surface area contributed by atoms with E-state index in [-0.39, 0.29) is 10.5 Å². The lowest BCUT2D eigenvalue weighted by molar-refractivity contribution is 0.102. The van der Waals surface area contributed by atoms with E-state index < -0.39 is 33.3 Å². The third-order valence-corrected chi connectivity index (χ3v) is 6.14. The molecule has 0 spiro atoms. The maximum Gasteiger partial charge on any atom is 0.264 e. The molecular formula is C20H15ClF2N2O3S. The van der Waals surface area contributed by atoms with Gasteiger partial charge in [0.25, 0.3) is 15.9 Å². The molecule has 5 nitrogen and oxygen atoms in total. The highest BCUT2D eigenvalue weighted by molar-refractivity contribution is 7.92. The van der Waals surface area contributed by atoms with Crippen LogP contribution in [0.15, 0.2) is 71.6 Å². The van der Waals surface area contributed by atoms with Crippen molar-refractivity contribution >= 4 is 38.9 Å². The molecule has 0 atom stereocenters. The highest BCUT2D eigenvalue weighted by Gasteiger charge is 2.23. The molecule has 0 aromatic heterocycles. The summed E-state index contributed by atoms with van der Waals surface area (Å²) in [5.41, 5.74) is -0.351. The van der Waals surface area contributed by atoms with Gasteiger partial charge in [-0.3, -0.25) is 9.10 Å². The Labute approximate surface area is 171 Å². The molecule has 0 radical (unpaired) electrons. The van der Waals surface area contributed by atoms with Gasteiger partial charge in [-0.15, -0.1) is 0 Å². The van der Waals surface area contributed by atoms with Gasteiger partial charge in [0.1, 0.15) is 17.3 Å². The Morgan fingerprint density at radius 3 is 2.24 bits per heavy atom. The van der Waals surface area contributed by atoms with Crippen molar-refractivity contribution in [3.05, 3.63) is 89.0 Å². The van der Waals surface area contributed by atoms with Crippen LogP contribution < -0.4 is 9.62 Å². The third kappa shape index (κ3) is 4.38. The van der Waals surface area contributed by atoms with E-state index >= 15 is 0 Å². The fourth-order valence-electron chi connectivity index (χ4n) is 2.57. The number of nitrogens with zero attached hydrogens (tertiary/aromatic N) is 1. The summed E-state index contributed by atoms with van der Waals surface area (Å²) in [6, 6.07) is 14.6. The summed E-state index contributed by atoms with van der Waals surface area (Å²) in [6.45, 7) is 0. The molecule has 1 amide bonds. The summed E-state index contributed by atoms with van der Waals surface area (Å²) in [7, 11) is -2.66. The van der Waals surface area contributed by atoms with Crippen LogP contribution in [-0.4, -0.2) is 21.4 Å². The number of anilines is 2. The van der Waals surface area contributed by atoms with Gasteiger partial charge in [0.05, 0.1) is 10.6 Å². The predicted molar refractivity (Wildman–Crippen MR) is 108 cm³/mol. The lowest BCUT2D eigenvalue weighted by atomic mass is 10.2. The number of carbonyl (C=O) groups excluding carboxylic acids is 1. The SMILES string of the molecule is CN(c1cccc(Cl)c1)S(=O)(=O)c1cccc(C(=O)Nc2c(F)cccc2F)c1. The topological polar surface area (TPSA) is 66.5 Å². The minimum Gasteiger partial charge on any atom is -0.317 e. The number of amides is 1. The maximum absolute atomic E-state index is 13.8. The van der Waals surface area contributed by atoms with Gasteiger partial charge in [-0.1, -0.05) is 29.8 Å². The third-order valence-electron chi connectivity index (χ3n) is 4.13. The number of hydrogen-bond acceptors (Lipinski definition) is 3. The van der Waals surface area contributed by atoms with Gasteiger partial charge in [-0.05, 0) is 48.5 Å². The van der Waals surface area contributed by atoms with Crippen molar-refractivity contribution in [2.45, 2.75) is 4.90 Å². The standard InChI is InChI=1S/C20H15ClF2N2O3S/c1-25(15-7-3-6-14(21)12-15)29(27,28)16-8-2-5-13(11-16)20(26)24-19-17(22)9-4-10-18(19)23/h2-12H,1H3,(H,24,26). The zero-order valence-electron chi connectivity index (χ0n) is 15.1. The highest BCUT2D eigenvalue weighted by Crippen LogP contribution is 2.25. The van der Waals surface area contributed by atoms with E-state index in [2.05, 4.69) is 5.32 Å². The molecule has 1 N–H and O–H groups in total. The molecule has 3 aromatic carbocycles. The van der Waals surface area contributed by atoms with Gasteiger partial charge >= 0.3 is 0 Å². The Balaban J connectivity index is 1.91. The van der Waals surface area contributed by atoms with Crippen LogP contribution in [0.2, 0.25) is 5.02 Å². The predicted octanol–water partition coefficient (Wildman–Crippen LogP) is 4.70. The lowest BCUT2D eigenvalue weighted by Crippen LogP contribution is -2.27. The number of carbonyl (C=O) groups is 1. The molecular weight excluding hydrogens is 422 g/mol. The number of rotatable bonds is 5. The summed E-state index contributed by atoms with van der Waals surface area (Å²) in [5, 5.41) is 2.49. The summed E-state index contributed by atoms with van der Waals surface area (Å²) in [4.78, 5) is 12.2. The maximum atomic E-state index is 13.8. The number of para-hydroxylation sites is 1. The molecule has 0 bridgehead atoms. The first-order valence-corrected chi connectivity index (χ1v) is 10.1. The average molecular weight is 437 g/mol. The first-order valence-electron chi connectivity index (χ1n) is 8.30. The van der Waals surface area contributed by atoms with Crippen LogP contribution in [-0.2, 0) is 10.0 Å². The highest BCUT2D eigenvalue weighted by atomic mass is 35.5. The fraction of sp³-hybridized carbons (Fsp3) is 0.0500. The molecule has 9 heteroatoms. The fourth-order valence-corrected chi connectivity index (χ4v) is 3.99. The van der Waals surface area contributed by atoms with Gasteiger partial charge in [-0.25, -0.2) is 17.2 Å². The normalized spacial score (nSPS) is 11.2. The minimum absolute atomic E-state index is 0.0757. The van der Waals surface area contributed by atoms with E-state index in [9.17, 15) is 22.0 Å². The number of hydrogen-bond donors (Lipinski definition) is 1. The second-order valence-corrected chi connectivity index (χ2v) is 8.44. The van der Waals surface area contributed by atoms with E-state index in [1.807, 2.05) is 0 Å². The van der Waals surface area contributed by atoms with Crippen LogP contribution in [0.5, 0.6) is 0 Å². The zero-order valence-corrected chi connectivity index (χ0v) is 16.6. The van der Waals surface area contributed by atoms with Gasteiger partial charge < -0.3 is 5.32 Å². The molecule has 0 aliphatic rings. The second kappa shape index (κ2) is 8.18. The molecule has 0 heterocycles. The number of benzene rings is 3. The van der Waals surface area contributed by atoms with Crippen molar-refractivity contribution in [3.8, 4) is 0 Å². The van der Waals surface area contributed by atoms with E-state index in [1.54, 1.807) is 18.2 Å². The first kappa shape index (κ1) is 20.8. The Kier molecular flexibility index (Phi) is 5.86. The monoisotopic (exact) mass is 436 g/mol. The zero-order chi connectivity index (χ0) is 21.2. The largest absolute Gasteiger partial charge is 0.317 e. The molecule has 3 aromatic rings. The summed E-state index contributed by atoms with van der Waals surface area (Å²) < 4.78 is 54.4. The lowest BCUT2D eigenvalue weighted by Gasteiger charge is -2.20. The van der Waals surface area contributed by atoms with Gasteiger partial charge in [0, 0.05) is 17.6 Å². The molecule has 29 heavy (non-hydrogen) atoms. The number of nitrogens with one attached hydrogen (secondary N) is 1. The van der Waals surface area contributed by atoms with Gasteiger partial charge in [0.2, 0.25) is 0 Å². The van der Waals surface area contributed by atoms with Crippen LogP contribution in [0.1, 0.15) is 10.4 Å². The Hall–Kier alpha value is -2.97. The van der Waals surface area contributed by atoms with Crippen LogP contribution in [0.25, 0.3) is 0 Å². The van der Waals surface area contributed by atoms with Crippen LogP contribution in [0.3, 0.4) is 0 Å². The Morgan fingerprint density at radius 2 is 1.59 bits per heavy atom. The molecule has 0 aliphatic heterocycles. The molecule has 0 aliphatic carbocycles. The Morgan fingerprint density at radius 1 is 0.966 bits per heavy atom. The molecule has 0 saturated heterocycles. The average Bonchev–Trinajstić information content (AvgIpc) is 2.70. The van der Waals surface area contributed by atoms with Crippen molar-refractivity contribution in [1.82, 2.24) is 0 Å². The molecule has 0 fully saturated rings. The Bertz CT molecular complexity index is 1170. The second-order valence-electron chi connectivity index (χ2n) is 6.03. The minimum atomic E-state index is -4.01. The van der Waals surface area contributed by atoms with Crippen LogP contribution in [0.4, 0.5) is 20.2 Å². The van der Waals surface area contributed by atoms with Crippen molar-refractivity contribution < 1.29 is 22.0 Å². The van der Waals surface area contributed by atoms with E-state index in [1.165, 1.54) is 37.4 Å². The van der Waals surface area contributed by atoms with Gasteiger partial charge in [-0.2, -0.15) is 0 Å². The van der Waals surface area contributed by atoms with E-state index in [4.69, 9.17) is 11.6 Å².